The number of rotatable bonds is 3. The standard InChI is InChI=1S/C17H23FN4O2/c1-8-9(2)21-15-12(17(20)23)5-13(18)16(14(8)15)22-6-10(19)4-11(7-22)24-3/h5,10-11,21H,4,6-7,19H2,1-3H3,(H2,20,23)/t10-,11-/m0/s1. The van der Waals surface area contributed by atoms with E-state index >= 15 is 0 Å². The Balaban J connectivity index is 2.23. The molecule has 1 aliphatic rings. The Morgan fingerprint density at radius 2 is 2.12 bits per heavy atom. The van der Waals surface area contributed by atoms with Crippen LogP contribution in [0, 0.1) is 19.7 Å². The molecule has 6 nitrogen and oxygen atoms in total. The van der Waals surface area contributed by atoms with E-state index in [-0.39, 0.29) is 17.7 Å². The predicted octanol–water partition coefficient (Wildman–Crippen LogP) is 1.58. The van der Waals surface area contributed by atoms with Gasteiger partial charge >= 0.3 is 0 Å². The highest BCUT2D eigenvalue weighted by Gasteiger charge is 2.30. The van der Waals surface area contributed by atoms with Crippen LogP contribution in [0.4, 0.5) is 10.1 Å². The summed E-state index contributed by atoms with van der Waals surface area (Å²) >= 11 is 0. The molecule has 0 bridgehead atoms. The number of H-pyrrole nitrogens is 1. The number of anilines is 1. The number of halogens is 1. The quantitative estimate of drug-likeness (QED) is 0.794. The maximum Gasteiger partial charge on any atom is 0.250 e. The van der Waals surface area contributed by atoms with Gasteiger partial charge in [-0.2, -0.15) is 0 Å². The Morgan fingerprint density at radius 3 is 2.75 bits per heavy atom. The number of aromatic amines is 1. The number of fused-ring (bicyclic) bond motifs is 1. The summed E-state index contributed by atoms with van der Waals surface area (Å²) in [5.41, 5.74) is 14.5. The minimum Gasteiger partial charge on any atom is -0.380 e. The van der Waals surface area contributed by atoms with E-state index in [1.165, 1.54) is 6.07 Å². The number of nitrogens with zero attached hydrogens (tertiary/aromatic N) is 1. The summed E-state index contributed by atoms with van der Waals surface area (Å²) in [4.78, 5) is 16.8. The second-order valence-electron chi connectivity index (χ2n) is 6.50. The van der Waals surface area contributed by atoms with Gasteiger partial charge in [-0.3, -0.25) is 4.79 Å². The molecule has 1 aliphatic heterocycles. The van der Waals surface area contributed by atoms with E-state index in [1.807, 2.05) is 18.7 Å². The van der Waals surface area contributed by atoms with Gasteiger partial charge in [0.1, 0.15) is 5.82 Å². The van der Waals surface area contributed by atoms with Crippen molar-refractivity contribution in [2.75, 3.05) is 25.1 Å². The van der Waals surface area contributed by atoms with Gasteiger partial charge in [0.05, 0.1) is 22.9 Å². The molecule has 0 spiro atoms. The number of primary amides is 1. The number of carbonyl (C=O) groups is 1. The molecule has 2 heterocycles. The number of carbonyl (C=O) groups excluding carboxylic acids is 1. The third-order valence-corrected chi connectivity index (χ3v) is 4.86. The summed E-state index contributed by atoms with van der Waals surface area (Å²) in [6.07, 6.45) is 0.682. The SMILES string of the molecule is CO[C@H]1C[C@H](N)CN(c2c(F)cc(C(N)=O)c3[nH]c(C)c(C)c23)C1. The fourth-order valence-corrected chi connectivity index (χ4v) is 3.55. The number of piperidine rings is 1. The predicted molar refractivity (Wildman–Crippen MR) is 91.9 cm³/mol. The average Bonchev–Trinajstić information content (AvgIpc) is 2.81. The molecule has 1 saturated heterocycles. The maximum atomic E-state index is 14.9. The van der Waals surface area contributed by atoms with Crippen LogP contribution >= 0.6 is 0 Å². The second-order valence-corrected chi connectivity index (χ2v) is 6.50. The lowest BCUT2D eigenvalue weighted by Crippen LogP contribution is -2.50. The first-order valence-corrected chi connectivity index (χ1v) is 7.98. The van der Waals surface area contributed by atoms with Crippen molar-refractivity contribution >= 4 is 22.5 Å². The first-order valence-electron chi connectivity index (χ1n) is 7.98. The third-order valence-electron chi connectivity index (χ3n) is 4.86. The molecule has 7 heteroatoms. The van der Waals surface area contributed by atoms with E-state index in [1.54, 1.807) is 7.11 Å². The van der Waals surface area contributed by atoms with E-state index in [0.29, 0.717) is 29.7 Å². The van der Waals surface area contributed by atoms with E-state index < -0.39 is 11.7 Å². The molecule has 3 rings (SSSR count). The molecule has 130 valence electrons. The highest BCUT2D eigenvalue weighted by Crippen LogP contribution is 2.37. The van der Waals surface area contributed by atoms with Crippen molar-refractivity contribution < 1.29 is 13.9 Å². The first kappa shape index (κ1) is 16.7. The molecule has 1 aromatic carbocycles. The smallest absolute Gasteiger partial charge is 0.250 e. The van der Waals surface area contributed by atoms with Crippen molar-refractivity contribution in [2.24, 2.45) is 11.5 Å². The maximum absolute atomic E-state index is 14.9. The lowest BCUT2D eigenvalue weighted by atomic mass is 9.99. The van der Waals surface area contributed by atoms with Crippen LogP contribution in [0.1, 0.15) is 28.0 Å². The summed E-state index contributed by atoms with van der Waals surface area (Å²) in [6.45, 7) is 4.88. The third kappa shape index (κ3) is 2.63. The molecule has 5 N–H and O–H groups in total. The molecule has 0 saturated carbocycles. The van der Waals surface area contributed by atoms with Crippen LogP contribution in [0.25, 0.3) is 10.9 Å². The number of benzene rings is 1. The number of hydrogen-bond acceptors (Lipinski definition) is 4. The van der Waals surface area contributed by atoms with Crippen LogP contribution in [-0.4, -0.2) is 43.2 Å². The molecular weight excluding hydrogens is 311 g/mol. The highest BCUT2D eigenvalue weighted by atomic mass is 19.1. The lowest BCUT2D eigenvalue weighted by Gasteiger charge is -2.37. The van der Waals surface area contributed by atoms with Crippen molar-refractivity contribution in [3.05, 3.63) is 28.7 Å². The lowest BCUT2D eigenvalue weighted by molar-refractivity contribution is 0.0834. The number of amides is 1. The summed E-state index contributed by atoms with van der Waals surface area (Å²) in [5.74, 6) is -1.13. The van der Waals surface area contributed by atoms with Crippen LogP contribution in [0.3, 0.4) is 0 Å². The highest BCUT2D eigenvalue weighted by molar-refractivity contribution is 6.10. The van der Waals surface area contributed by atoms with Gasteiger partial charge in [-0.1, -0.05) is 0 Å². The van der Waals surface area contributed by atoms with Gasteiger partial charge in [-0.05, 0) is 31.9 Å². The Hall–Kier alpha value is -2.12. The molecule has 1 amide bonds. The summed E-state index contributed by atoms with van der Waals surface area (Å²) in [6, 6.07) is 1.10. The van der Waals surface area contributed by atoms with Gasteiger partial charge in [-0.15, -0.1) is 0 Å². The fraction of sp³-hybridized carbons (Fsp3) is 0.471. The van der Waals surface area contributed by atoms with Crippen LogP contribution in [-0.2, 0) is 4.74 Å². The van der Waals surface area contributed by atoms with Gasteiger partial charge in [0, 0.05) is 37.3 Å². The topological polar surface area (TPSA) is 97.4 Å². The number of aromatic nitrogens is 1. The molecule has 0 radical (unpaired) electrons. The van der Waals surface area contributed by atoms with Crippen molar-refractivity contribution in [2.45, 2.75) is 32.4 Å². The van der Waals surface area contributed by atoms with E-state index in [0.717, 1.165) is 17.7 Å². The Bertz CT molecular complexity index is 802. The summed E-state index contributed by atoms with van der Waals surface area (Å²) in [7, 11) is 1.63. The zero-order valence-electron chi connectivity index (χ0n) is 14.1. The van der Waals surface area contributed by atoms with E-state index in [4.69, 9.17) is 16.2 Å². The molecule has 1 fully saturated rings. The molecule has 0 aliphatic carbocycles. The monoisotopic (exact) mass is 334 g/mol. The number of nitrogens with two attached hydrogens (primary N) is 2. The zero-order chi connectivity index (χ0) is 17.6. The van der Waals surface area contributed by atoms with Gasteiger partial charge in [0.15, 0.2) is 0 Å². The molecule has 0 unspecified atom stereocenters. The minimum atomic E-state index is -0.656. The number of methoxy groups -OCH3 is 1. The van der Waals surface area contributed by atoms with Crippen molar-refractivity contribution in [3.8, 4) is 0 Å². The van der Waals surface area contributed by atoms with Crippen LogP contribution in [0.5, 0.6) is 0 Å². The number of ether oxygens (including phenoxy) is 1. The van der Waals surface area contributed by atoms with Crippen LogP contribution in [0.15, 0.2) is 6.07 Å². The molecule has 24 heavy (non-hydrogen) atoms. The minimum absolute atomic E-state index is 0.0561. The number of aryl methyl sites for hydroxylation is 2. The van der Waals surface area contributed by atoms with Crippen molar-refractivity contribution in [1.29, 1.82) is 0 Å². The van der Waals surface area contributed by atoms with Crippen molar-refractivity contribution in [3.63, 3.8) is 0 Å². The van der Waals surface area contributed by atoms with Gasteiger partial charge in [0.25, 0.3) is 5.91 Å². The molecular formula is C17H23FN4O2. The Morgan fingerprint density at radius 1 is 1.42 bits per heavy atom. The average molecular weight is 334 g/mol. The van der Waals surface area contributed by atoms with E-state index in [9.17, 15) is 9.18 Å². The summed E-state index contributed by atoms with van der Waals surface area (Å²) < 4.78 is 20.4. The Labute approximate surface area is 139 Å². The largest absolute Gasteiger partial charge is 0.380 e. The normalized spacial score (nSPS) is 21.5. The zero-order valence-corrected chi connectivity index (χ0v) is 14.1. The van der Waals surface area contributed by atoms with Gasteiger partial charge < -0.3 is 26.1 Å². The number of nitrogens with one attached hydrogen (secondary N) is 1. The molecule has 1 aromatic heterocycles. The van der Waals surface area contributed by atoms with Crippen LogP contribution in [0.2, 0.25) is 0 Å². The van der Waals surface area contributed by atoms with Crippen LogP contribution < -0.4 is 16.4 Å². The van der Waals surface area contributed by atoms with Gasteiger partial charge in [-0.25, -0.2) is 4.39 Å². The molecule has 2 aromatic rings. The van der Waals surface area contributed by atoms with Gasteiger partial charge in [0.2, 0.25) is 0 Å². The second kappa shape index (κ2) is 6.07. The number of hydrogen-bond donors (Lipinski definition) is 3. The first-order chi connectivity index (χ1) is 11.3. The molecule has 2 atom stereocenters. The van der Waals surface area contributed by atoms with E-state index in [2.05, 4.69) is 4.98 Å². The fourth-order valence-electron chi connectivity index (χ4n) is 3.55. The summed E-state index contributed by atoms with van der Waals surface area (Å²) in [5, 5.41) is 0.685. The Kier molecular flexibility index (Phi) is 4.23. The van der Waals surface area contributed by atoms with Crippen molar-refractivity contribution in [1.82, 2.24) is 4.98 Å².